The number of carbonyl (C=O) groups is 2. The van der Waals surface area contributed by atoms with E-state index in [-0.39, 0.29) is 16.6 Å². The van der Waals surface area contributed by atoms with Crippen LogP contribution in [0.5, 0.6) is 0 Å². The van der Waals surface area contributed by atoms with Gasteiger partial charge in [0.1, 0.15) is 5.82 Å². The van der Waals surface area contributed by atoms with Gasteiger partial charge in [-0.05, 0) is 42.7 Å². The van der Waals surface area contributed by atoms with E-state index < -0.39 is 24.3 Å². The first-order chi connectivity index (χ1) is 11.9. The van der Waals surface area contributed by atoms with Crippen molar-refractivity contribution in [3.05, 3.63) is 70.0 Å². The van der Waals surface area contributed by atoms with Gasteiger partial charge in [-0.15, -0.1) is 0 Å². The maximum Gasteiger partial charge on any atom is 0.340 e. The molecule has 25 heavy (non-hydrogen) atoms. The molecule has 132 valence electrons. The van der Waals surface area contributed by atoms with Gasteiger partial charge in [0.05, 0.1) is 16.6 Å². The van der Waals surface area contributed by atoms with Gasteiger partial charge in [0, 0.05) is 0 Å². The van der Waals surface area contributed by atoms with Crippen molar-refractivity contribution in [2.24, 2.45) is 0 Å². The third-order valence-electron chi connectivity index (χ3n) is 3.75. The molecular weight excluding hydrogens is 345 g/mol. The molecule has 1 atom stereocenters. The minimum absolute atomic E-state index is 0.0130. The number of carbonyl (C=O) groups excluding carboxylic acids is 2. The molecule has 1 N–H and O–H groups in total. The largest absolute Gasteiger partial charge is 0.452 e. The van der Waals surface area contributed by atoms with E-state index in [0.29, 0.717) is 0 Å². The summed E-state index contributed by atoms with van der Waals surface area (Å²) in [6, 6.07) is 11.0. The van der Waals surface area contributed by atoms with Gasteiger partial charge in [-0.3, -0.25) is 4.79 Å². The second kappa shape index (κ2) is 8.62. The van der Waals surface area contributed by atoms with Gasteiger partial charge >= 0.3 is 5.97 Å². The van der Waals surface area contributed by atoms with Crippen molar-refractivity contribution in [1.82, 2.24) is 5.32 Å². The Morgan fingerprint density at radius 1 is 1.20 bits per heavy atom. The van der Waals surface area contributed by atoms with Crippen LogP contribution in [-0.4, -0.2) is 18.5 Å². The summed E-state index contributed by atoms with van der Waals surface area (Å²) in [5.74, 6) is -1.76. The zero-order chi connectivity index (χ0) is 18.4. The molecule has 0 unspecified atom stereocenters. The molecule has 0 bridgehead atoms. The Hall–Kier alpha value is -2.40. The molecule has 0 saturated heterocycles. The van der Waals surface area contributed by atoms with Crippen LogP contribution in [0.1, 0.15) is 41.4 Å². The lowest BCUT2D eigenvalue weighted by molar-refractivity contribution is -0.124. The number of esters is 1. The minimum Gasteiger partial charge on any atom is -0.452 e. The zero-order valence-corrected chi connectivity index (χ0v) is 14.8. The fourth-order valence-electron chi connectivity index (χ4n) is 2.27. The second-order valence-electron chi connectivity index (χ2n) is 5.58. The van der Waals surface area contributed by atoms with E-state index in [2.05, 4.69) is 12.2 Å². The number of aryl methyl sites for hydroxylation is 1. The lowest BCUT2D eigenvalue weighted by Gasteiger charge is -2.15. The monoisotopic (exact) mass is 363 g/mol. The first-order valence-electron chi connectivity index (χ1n) is 7.91. The van der Waals surface area contributed by atoms with Crippen LogP contribution < -0.4 is 5.32 Å². The van der Waals surface area contributed by atoms with E-state index in [0.717, 1.165) is 24.1 Å². The maximum atomic E-state index is 13.0. The molecule has 6 heteroatoms. The quantitative estimate of drug-likeness (QED) is 0.787. The van der Waals surface area contributed by atoms with Crippen molar-refractivity contribution in [2.45, 2.75) is 26.3 Å². The van der Waals surface area contributed by atoms with E-state index in [1.54, 1.807) is 0 Å². The Balaban J connectivity index is 1.87. The third-order valence-corrected chi connectivity index (χ3v) is 4.06. The standard InChI is InChI=1S/C19H19ClFNO3/c1-3-13-4-6-14(7-5-13)12(2)22-18(23)11-25-19(24)16-9-8-15(21)10-17(16)20/h4-10,12H,3,11H2,1-2H3,(H,22,23)/t12-/m1/s1. The Labute approximate surface area is 150 Å². The Morgan fingerprint density at radius 2 is 1.88 bits per heavy atom. The number of hydrogen-bond donors (Lipinski definition) is 1. The molecule has 0 heterocycles. The molecule has 0 aliphatic heterocycles. The van der Waals surface area contributed by atoms with Gasteiger partial charge in [0.15, 0.2) is 6.61 Å². The fraction of sp³-hybridized carbons (Fsp3) is 0.263. The summed E-state index contributed by atoms with van der Waals surface area (Å²) in [5.41, 5.74) is 2.19. The van der Waals surface area contributed by atoms with Crippen molar-refractivity contribution in [3.63, 3.8) is 0 Å². The molecule has 0 aliphatic carbocycles. The van der Waals surface area contributed by atoms with E-state index in [9.17, 15) is 14.0 Å². The van der Waals surface area contributed by atoms with E-state index in [1.807, 2.05) is 31.2 Å². The first-order valence-corrected chi connectivity index (χ1v) is 8.29. The Bertz CT molecular complexity index is 762. The minimum atomic E-state index is -0.778. The highest BCUT2D eigenvalue weighted by Gasteiger charge is 2.15. The van der Waals surface area contributed by atoms with Crippen LogP contribution >= 0.6 is 11.6 Å². The number of ether oxygens (including phenoxy) is 1. The number of amides is 1. The normalized spacial score (nSPS) is 11.7. The van der Waals surface area contributed by atoms with Gasteiger partial charge in [0.2, 0.25) is 0 Å². The Kier molecular flexibility index (Phi) is 6.53. The molecule has 0 saturated carbocycles. The second-order valence-corrected chi connectivity index (χ2v) is 5.99. The fourth-order valence-corrected chi connectivity index (χ4v) is 2.52. The molecule has 2 aromatic rings. The Morgan fingerprint density at radius 3 is 2.48 bits per heavy atom. The number of nitrogens with one attached hydrogen (secondary N) is 1. The smallest absolute Gasteiger partial charge is 0.340 e. The molecule has 4 nitrogen and oxygen atoms in total. The summed E-state index contributed by atoms with van der Waals surface area (Å²) in [6.45, 7) is 3.48. The summed E-state index contributed by atoms with van der Waals surface area (Å²) >= 11 is 5.79. The van der Waals surface area contributed by atoms with Gasteiger partial charge in [-0.2, -0.15) is 0 Å². The number of benzene rings is 2. The van der Waals surface area contributed by atoms with Crippen LogP contribution in [0, 0.1) is 5.82 Å². The first kappa shape index (κ1) is 18.9. The summed E-state index contributed by atoms with van der Waals surface area (Å²) < 4.78 is 17.9. The number of rotatable bonds is 6. The molecule has 2 rings (SSSR count). The van der Waals surface area contributed by atoms with Crippen LogP contribution in [0.15, 0.2) is 42.5 Å². The number of halogens is 2. The highest BCUT2D eigenvalue weighted by Crippen LogP contribution is 2.18. The highest BCUT2D eigenvalue weighted by atomic mass is 35.5. The van der Waals surface area contributed by atoms with Crippen LogP contribution in [-0.2, 0) is 16.0 Å². The molecule has 0 fully saturated rings. The zero-order valence-electron chi connectivity index (χ0n) is 14.0. The van der Waals surface area contributed by atoms with Crippen LogP contribution in [0.2, 0.25) is 5.02 Å². The number of hydrogen-bond acceptors (Lipinski definition) is 3. The van der Waals surface area contributed by atoms with Crippen LogP contribution in [0.3, 0.4) is 0 Å². The van der Waals surface area contributed by atoms with Gasteiger partial charge in [0.25, 0.3) is 5.91 Å². The van der Waals surface area contributed by atoms with Crippen LogP contribution in [0.4, 0.5) is 4.39 Å². The predicted octanol–water partition coefficient (Wildman–Crippen LogP) is 4.08. The lowest BCUT2D eigenvalue weighted by Crippen LogP contribution is -2.31. The molecule has 0 aromatic heterocycles. The van der Waals surface area contributed by atoms with Gasteiger partial charge < -0.3 is 10.1 Å². The van der Waals surface area contributed by atoms with Crippen molar-refractivity contribution in [1.29, 1.82) is 0 Å². The van der Waals surface area contributed by atoms with Crippen molar-refractivity contribution < 1.29 is 18.7 Å². The SMILES string of the molecule is CCc1ccc([C@@H](C)NC(=O)COC(=O)c2ccc(F)cc2Cl)cc1. The topological polar surface area (TPSA) is 55.4 Å². The maximum absolute atomic E-state index is 13.0. The molecule has 0 aliphatic rings. The van der Waals surface area contributed by atoms with E-state index in [4.69, 9.17) is 16.3 Å². The molecular formula is C19H19ClFNO3. The summed E-state index contributed by atoms with van der Waals surface area (Å²) in [6.07, 6.45) is 0.947. The summed E-state index contributed by atoms with van der Waals surface area (Å²) in [4.78, 5) is 23.8. The molecule has 0 spiro atoms. The van der Waals surface area contributed by atoms with Crippen molar-refractivity contribution >= 4 is 23.5 Å². The third kappa shape index (κ3) is 5.29. The predicted molar refractivity (Wildman–Crippen MR) is 94.1 cm³/mol. The average Bonchev–Trinajstić information content (AvgIpc) is 2.59. The van der Waals surface area contributed by atoms with Crippen molar-refractivity contribution in [3.8, 4) is 0 Å². The lowest BCUT2D eigenvalue weighted by atomic mass is 10.1. The van der Waals surface area contributed by atoms with E-state index in [1.165, 1.54) is 11.6 Å². The van der Waals surface area contributed by atoms with Crippen LogP contribution in [0.25, 0.3) is 0 Å². The molecule has 1 amide bonds. The highest BCUT2D eigenvalue weighted by molar-refractivity contribution is 6.33. The average molecular weight is 364 g/mol. The van der Waals surface area contributed by atoms with Gasteiger partial charge in [-0.25, -0.2) is 9.18 Å². The summed E-state index contributed by atoms with van der Waals surface area (Å²) in [7, 11) is 0. The molecule has 2 aromatic carbocycles. The van der Waals surface area contributed by atoms with E-state index >= 15 is 0 Å². The van der Waals surface area contributed by atoms with Gasteiger partial charge in [-0.1, -0.05) is 42.8 Å². The molecule has 0 radical (unpaired) electrons. The van der Waals surface area contributed by atoms with Crippen molar-refractivity contribution in [2.75, 3.05) is 6.61 Å². The summed E-state index contributed by atoms with van der Waals surface area (Å²) in [5, 5.41) is 2.69.